The molecule has 0 saturated carbocycles. The van der Waals surface area contributed by atoms with Gasteiger partial charge in [-0.3, -0.25) is 0 Å². The molecule has 0 aliphatic carbocycles. The van der Waals surface area contributed by atoms with Gasteiger partial charge in [-0.2, -0.15) is 0 Å². The molecule has 1 saturated heterocycles. The maximum absolute atomic E-state index is 11.3. The minimum atomic E-state index is -3.83. The SMILES string of the molecule is O=S(=O)(Cl)c1cccnc1OCC1CCOCC1. The summed E-state index contributed by atoms with van der Waals surface area (Å²) < 4.78 is 33.4. The molecule has 0 spiro atoms. The van der Waals surface area contributed by atoms with Gasteiger partial charge in [0, 0.05) is 30.1 Å². The van der Waals surface area contributed by atoms with E-state index in [1.165, 1.54) is 18.3 Å². The molecule has 7 heteroatoms. The average Bonchev–Trinajstić information content (AvgIpc) is 2.37. The molecule has 18 heavy (non-hydrogen) atoms. The van der Waals surface area contributed by atoms with E-state index in [4.69, 9.17) is 20.2 Å². The Labute approximate surface area is 110 Å². The second-order valence-corrected chi connectivity index (χ2v) is 6.65. The molecular weight excluding hydrogens is 278 g/mol. The van der Waals surface area contributed by atoms with Crippen molar-refractivity contribution in [1.82, 2.24) is 4.98 Å². The number of pyridine rings is 1. The molecule has 5 nitrogen and oxygen atoms in total. The van der Waals surface area contributed by atoms with E-state index < -0.39 is 9.05 Å². The summed E-state index contributed by atoms with van der Waals surface area (Å²) in [4.78, 5) is 3.83. The van der Waals surface area contributed by atoms with Crippen molar-refractivity contribution < 1.29 is 17.9 Å². The summed E-state index contributed by atoms with van der Waals surface area (Å²) >= 11 is 0. The molecule has 0 N–H and O–H groups in total. The van der Waals surface area contributed by atoms with E-state index >= 15 is 0 Å². The van der Waals surface area contributed by atoms with E-state index in [1.54, 1.807) is 0 Å². The van der Waals surface area contributed by atoms with Gasteiger partial charge in [-0.25, -0.2) is 13.4 Å². The van der Waals surface area contributed by atoms with Crippen molar-refractivity contribution in [2.45, 2.75) is 17.7 Å². The largest absolute Gasteiger partial charge is 0.476 e. The monoisotopic (exact) mass is 291 g/mol. The number of nitrogens with zero attached hydrogens (tertiary/aromatic N) is 1. The molecule has 1 aliphatic heterocycles. The molecule has 0 radical (unpaired) electrons. The Bertz CT molecular complexity index is 500. The fraction of sp³-hybridized carbons (Fsp3) is 0.545. The molecule has 0 aromatic carbocycles. The zero-order chi connectivity index (χ0) is 13.0. The smallest absolute Gasteiger partial charge is 0.266 e. The van der Waals surface area contributed by atoms with Gasteiger partial charge < -0.3 is 9.47 Å². The summed E-state index contributed by atoms with van der Waals surface area (Å²) in [6.07, 6.45) is 3.30. The lowest BCUT2D eigenvalue weighted by Gasteiger charge is -2.22. The second-order valence-electron chi connectivity index (χ2n) is 4.11. The quantitative estimate of drug-likeness (QED) is 0.792. The maximum Gasteiger partial charge on any atom is 0.266 e. The number of hydrogen-bond donors (Lipinski definition) is 0. The predicted octanol–water partition coefficient (Wildman–Crippen LogP) is 1.81. The minimum absolute atomic E-state index is 0.0685. The van der Waals surface area contributed by atoms with Gasteiger partial charge in [0.05, 0.1) is 6.61 Å². The number of halogens is 1. The highest BCUT2D eigenvalue weighted by Gasteiger charge is 2.20. The first kappa shape index (κ1) is 13.6. The zero-order valence-corrected chi connectivity index (χ0v) is 11.3. The Kier molecular flexibility index (Phi) is 4.42. The zero-order valence-electron chi connectivity index (χ0n) is 9.71. The molecular formula is C11H14ClNO4S. The van der Waals surface area contributed by atoms with E-state index in [1.807, 2.05) is 0 Å². The third kappa shape index (κ3) is 3.57. The molecule has 1 aliphatic rings. The highest BCUT2D eigenvalue weighted by atomic mass is 35.7. The third-order valence-corrected chi connectivity index (χ3v) is 4.13. The van der Waals surface area contributed by atoms with Crippen molar-refractivity contribution in [1.29, 1.82) is 0 Å². The Morgan fingerprint density at radius 1 is 1.44 bits per heavy atom. The maximum atomic E-state index is 11.3. The number of hydrogen-bond acceptors (Lipinski definition) is 5. The minimum Gasteiger partial charge on any atom is -0.476 e. The highest BCUT2D eigenvalue weighted by Crippen LogP contribution is 2.25. The average molecular weight is 292 g/mol. The van der Waals surface area contributed by atoms with Crippen LogP contribution in [0.25, 0.3) is 0 Å². The number of ether oxygens (including phenoxy) is 2. The van der Waals surface area contributed by atoms with Crippen LogP contribution < -0.4 is 4.74 Å². The van der Waals surface area contributed by atoms with Crippen LogP contribution in [0, 0.1) is 5.92 Å². The standard InChI is InChI=1S/C11H14ClNO4S/c12-18(14,15)10-2-1-5-13-11(10)17-8-9-3-6-16-7-4-9/h1-2,5,9H,3-4,6-8H2. The molecule has 0 bridgehead atoms. The van der Waals surface area contributed by atoms with Gasteiger partial charge in [-0.05, 0) is 30.9 Å². The summed E-state index contributed by atoms with van der Waals surface area (Å²) in [6, 6.07) is 2.89. The van der Waals surface area contributed by atoms with E-state index in [9.17, 15) is 8.42 Å². The van der Waals surface area contributed by atoms with Crippen LogP contribution in [0.3, 0.4) is 0 Å². The second kappa shape index (κ2) is 5.86. The molecule has 1 aromatic rings. The number of aromatic nitrogens is 1. The van der Waals surface area contributed by atoms with Crippen molar-refractivity contribution in [3.05, 3.63) is 18.3 Å². The van der Waals surface area contributed by atoms with Crippen LogP contribution in [-0.2, 0) is 13.8 Å². The molecule has 1 fully saturated rings. The van der Waals surface area contributed by atoms with E-state index in [2.05, 4.69) is 4.98 Å². The first-order chi connectivity index (χ1) is 8.57. The topological polar surface area (TPSA) is 65.5 Å². The van der Waals surface area contributed by atoms with Gasteiger partial charge in [0.15, 0.2) is 0 Å². The number of rotatable bonds is 4. The predicted molar refractivity (Wildman–Crippen MR) is 66.3 cm³/mol. The summed E-state index contributed by atoms with van der Waals surface area (Å²) in [5, 5.41) is 0. The summed E-state index contributed by atoms with van der Waals surface area (Å²) in [6.45, 7) is 1.87. The van der Waals surface area contributed by atoms with E-state index in [0.29, 0.717) is 12.5 Å². The molecule has 2 rings (SSSR count). The Morgan fingerprint density at radius 3 is 2.83 bits per heavy atom. The highest BCUT2D eigenvalue weighted by molar-refractivity contribution is 8.13. The third-order valence-electron chi connectivity index (χ3n) is 2.80. The van der Waals surface area contributed by atoms with Crippen LogP contribution in [0.2, 0.25) is 0 Å². The lowest BCUT2D eigenvalue weighted by molar-refractivity contribution is 0.0485. The Balaban J connectivity index is 2.05. The van der Waals surface area contributed by atoms with E-state index in [-0.39, 0.29) is 10.8 Å². The van der Waals surface area contributed by atoms with Crippen LogP contribution in [0.1, 0.15) is 12.8 Å². The fourth-order valence-electron chi connectivity index (χ4n) is 1.78. The summed E-state index contributed by atoms with van der Waals surface area (Å²) in [5.41, 5.74) is 0. The summed E-state index contributed by atoms with van der Waals surface area (Å²) in [5.74, 6) is 0.436. The van der Waals surface area contributed by atoms with Crippen LogP contribution in [-0.4, -0.2) is 33.2 Å². The van der Waals surface area contributed by atoms with Gasteiger partial charge in [0.2, 0.25) is 5.88 Å². The van der Waals surface area contributed by atoms with Gasteiger partial charge >= 0.3 is 0 Å². The lowest BCUT2D eigenvalue weighted by atomic mass is 10.0. The van der Waals surface area contributed by atoms with Gasteiger partial charge in [0.1, 0.15) is 4.90 Å². The molecule has 100 valence electrons. The van der Waals surface area contributed by atoms with E-state index in [0.717, 1.165) is 26.1 Å². The Morgan fingerprint density at radius 2 is 2.17 bits per heavy atom. The van der Waals surface area contributed by atoms with Crippen LogP contribution in [0.15, 0.2) is 23.2 Å². The van der Waals surface area contributed by atoms with Crippen LogP contribution >= 0.6 is 10.7 Å². The first-order valence-corrected chi connectivity index (χ1v) is 7.98. The normalized spacial score (nSPS) is 17.6. The molecule has 0 amide bonds. The lowest BCUT2D eigenvalue weighted by Crippen LogP contribution is -2.22. The van der Waals surface area contributed by atoms with Gasteiger partial charge in [0.25, 0.3) is 9.05 Å². The van der Waals surface area contributed by atoms with Crippen LogP contribution in [0.4, 0.5) is 0 Å². The molecule has 2 heterocycles. The fourth-order valence-corrected chi connectivity index (χ4v) is 2.69. The van der Waals surface area contributed by atoms with Gasteiger partial charge in [-0.15, -0.1) is 0 Å². The van der Waals surface area contributed by atoms with Crippen molar-refractivity contribution in [2.75, 3.05) is 19.8 Å². The van der Waals surface area contributed by atoms with Gasteiger partial charge in [-0.1, -0.05) is 0 Å². The van der Waals surface area contributed by atoms with Crippen molar-refractivity contribution in [3.63, 3.8) is 0 Å². The first-order valence-electron chi connectivity index (χ1n) is 5.67. The van der Waals surface area contributed by atoms with Crippen molar-refractivity contribution >= 4 is 19.7 Å². The molecule has 0 atom stereocenters. The molecule has 1 aromatic heterocycles. The van der Waals surface area contributed by atoms with Crippen LogP contribution in [0.5, 0.6) is 5.88 Å². The summed E-state index contributed by atoms with van der Waals surface area (Å²) in [7, 11) is 1.49. The Hall–Kier alpha value is -0.850. The van der Waals surface area contributed by atoms with Crippen molar-refractivity contribution in [2.24, 2.45) is 5.92 Å². The van der Waals surface area contributed by atoms with Crippen molar-refractivity contribution in [3.8, 4) is 5.88 Å². The molecule has 0 unspecified atom stereocenters.